The number of benzene rings is 2. The molecule has 1 heterocycles. The van der Waals surface area contributed by atoms with Crippen LogP contribution in [0, 0.1) is 19.7 Å². The van der Waals surface area contributed by atoms with Gasteiger partial charge in [0, 0.05) is 12.2 Å². The number of nitrogens with one attached hydrogen (secondary N) is 1. The molecule has 0 bridgehead atoms. The third kappa shape index (κ3) is 3.37. The number of hydrogen-bond acceptors (Lipinski definition) is 2. The lowest BCUT2D eigenvalue weighted by atomic mass is 10.1. The van der Waals surface area contributed by atoms with Crippen molar-refractivity contribution in [3.05, 3.63) is 63.9 Å². The minimum Gasteiger partial charge on any atom is -0.340 e. The SMILES string of the molecule is Cc1ccc(N2CCC(NC(=O)c3c(F)cccc3Cl)C2=O)cc1C. The second kappa shape index (κ2) is 6.84. The van der Waals surface area contributed by atoms with E-state index in [1.54, 1.807) is 4.90 Å². The number of carbonyl (C=O) groups excluding carboxylic acids is 2. The van der Waals surface area contributed by atoms with E-state index in [-0.39, 0.29) is 16.5 Å². The molecule has 1 atom stereocenters. The second-order valence-electron chi connectivity index (χ2n) is 6.17. The van der Waals surface area contributed by atoms with Gasteiger partial charge in [-0.1, -0.05) is 23.7 Å². The van der Waals surface area contributed by atoms with Crippen LogP contribution in [0.3, 0.4) is 0 Å². The molecular formula is C19H18ClFN2O2. The molecule has 0 aliphatic carbocycles. The summed E-state index contributed by atoms with van der Waals surface area (Å²) in [6, 6.07) is 9.14. The third-order valence-electron chi connectivity index (χ3n) is 4.50. The maximum absolute atomic E-state index is 13.9. The van der Waals surface area contributed by atoms with Gasteiger partial charge in [0.05, 0.1) is 10.6 Å². The summed E-state index contributed by atoms with van der Waals surface area (Å²) in [7, 11) is 0. The molecule has 2 amide bonds. The molecule has 6 heteroatoms. The Morgan fingerprint density at radius 1 is 1.24 bits per heavy atom. The summed E-state index contributed by atoms with van der Waals surface area (Å²) < 4.78 is 13.9. The molecule has 1 fully saturated rings. The molecule has 130 valence electrons. The second-order valence-corrected chi connectivity index (χ2v) is 6.58. The lowest BCUT2D eigenvalue weighted by Gasteiger charge is -2.18. The van der Waals surface area contributed by atoms with E-state index in [0.717, 1.165) is 16.8 Å². The van der Waals surface area contributed by atoms with Crippen molar-refractivity contribution in [1.82, 2.24) is 5.32 Å². The Hall–Kier alpha value is -2.40. The Morgan fingerprint density at radius 3 is 2.68 bits per heavy atom. The van der Waals surface area contributed by atoms with Crippen LogP contribution in [0.25, 0.3) is 0 Å². The van der Waals surface area contributed by atoms with E-state index >= 15 is 0 Å². The topological polar surface area (TPSA) is 49.4 Å². The molecule has 1 N–H and O–H groups in total. The monoisotopic (exact) mass is 360 g/mol. The molecule has 1 aliphatic rings. The summed E-state index contributed by atoms with van der Waals surface area (Å²) >= 11 is 5.91. The van der Waals surface area contributed by atoms with Gasteiger partial charge in [-0.15, -0.1) is 0 Å². The van der Waals surface area contributed by atoms with Gasteiger partial charge in [-0.25, -0.2) is 4.39 Å². The smallest absolute Gasteiger partial charge is 0.256 e. The number of amides is 2. The molecule has 2 aromatic rings. The van der Waals surface area contributed by atoms with Crippen LogP contribution in [0.4, 0.5) is 10.1 Å². The van der Waals surface area contributed by atoms with Crippen LogP contribution in [-0.4, -0.2) is 24.4 Å². The van der Waals surface area contributed by atoms with E-state index in [1.807, 2.05) is 32.0 Å². The molecule has 0 saturated carbocycles. The van der Waals surface area contributed by atoms with E-state index in [4.69, 9.17) is 11.6 Å². The molecule has 0 spiro atoms. The highest BCUT2D eigenvalue weighted by Gasteiger charge is 2.34. The first-order valence-electron chi connectivity index (χ1n) is 8.02. The van der Waals surface area contributed by atoms with Crippen LogP contribution in [0.2, 0.25) is 5.02 Å². The highest BCUT2D eigenvalue weighted by molar-refractivity contribution is 6.34. The van der Waals surface area contributed by atoms with Gasteiger partial charge in [-0.05, 0) is 55.7 Å². The van der Waals surface area contributed by atoms with Crippen LogP contribution in [0.15, 0.2) is 36.4 Å². The minimum absolute atomic E-state index is 0.0222. The van der Waals surface area contributed by atoms with E-state index < -0.39 is 17.8 Å². The van der Waals surface area contributed by atoms with Crippen molar-refractivity contribution in [2.75, 3.05) is 11.4 Å². The molecule has 0 aromatic heterocycles. The first kappa shape index (κ1) is 17.4. The van der Waals surface area contributed by atoms with E-state index in [9.17, 15) is 14.0 Å². The predicted molar refractivity (Wildman–Crippen MR) is 95.6 cm³/mol. The molecule has 0 radical (unpaired) electrons. The van der Waals surface area contributed by atoms with Crippen molar-refractivity contribution in [2.24, 2.45) is 0 Å². The van der Waals surface area contributed by atoms with Gasteiger partial charge in [-0.2, -0.15) is 0 Å². The van der Waals surface area contributed by atoms with E-state index in [1.165, 1.54) is 18.2 Å². The van der Waals surface area contributed by atoms with Crippen molar-refractivity contribution >= 4 is 29.1 Å². The normalized spacial score (nSPS) is 17.0. The van der Waals surface area contributed by atoms with Crippen molar-refractivity contribution in [2.45, 2.75) is 26.3 Å². The summed E-state index contributed by atoms with van der Waals surface area (Å²) in [4.78, 5) is 26.6. The van der Waals surface area contributed by atoms with Gasteiger partial charge in [-0.3, -0.25) is 9.59 Å². The third-order valence-corrected chi connectivity index (χ3v) is 4.82. The Balaban J connectivity index is 1.76. The Kier molecular flexibility index (Phi) is 4.77. The molecular weight excluding hydrogens is 343 g/mol. The van der Waals surface area contributed by atoms with Gasteiger partial charge in [0.2, 0.25) is 5.91 Å². The van der Waals surface area contributed by atoms with Crippen LogP contribution >= 0.6 is 11.6 Å². The number of nitrogens with zero attached hydrogens (tertiary/aromatic N) is 1. The van der Waals surface area contributed by atoms with E-state index in [0.29, 0.717) is 13.0 Å². The maximum Gasteiger partial charge on any atom is 0.256 e. The fourth-order valence-electron chi connectivity index (χ4n) is 2.91. The van der Waals surface area contributed by atoms with Gasteiger partial charge < -0.3 is 10.2 Å². The van der Waals surface area contributed by atoms with Crippen molar-refractivity contribution in [3.63, 3.8) is 0 Å². The van der Waals surface area contributed by atoms with Crippen LogP contribution in [0.5, 0.6) is 0 Å². The number of carbonyl (C=O) groups is 2. The Bertz CT molecular complexity index is 833. The molecule has 25 heavy (non-hydrogen) atoms. The standard InChI is InChI=1S/C19H18ClFN2O2/c1-11-6-7-13(10-12(11)2)23-9-8-16(19(23)25)22-18(24)17-14(20)4-3-5-15(17)21/h3-7,10,16H,8-9H2,1-2H3,(H,22,24). The predicted octanol–water partition coefficient (Wildman–Crippen LogP) is 3.63. The van der Waals surface area contributed by atoms with Gasteiger partial charge in [0.15, 0.2) is 0 Å². The first-order chi connectivity index (χ1) is 11.9. The van der Waals surface area contributed by atoms with Gasteiger partial charge in [0.1, 0.15) is 11.9 Å². The van der Waals surface area contributed by atoms with Crippen LogP contribution in [-0.2, 0) is 4.79 Å². The summed E-state index contributed by atoms with van der Waals surface area (Å²) in [6.07, 6.45) is 0.462. The Labute approximate surface area is 150 Å². The molecule has 1 saturated heterocycles. The number of halogens is 2. The van der Waals surface area contributed by atoms with Crippen LogP contribution < -0.4 is 10.2 Å². The van der Waals surface area contributed by atoms with Crippen molar-refractivity contribution in [1.29, 1.82) is 0 Å². The summed E-state index contributed by atoms with van der Waals surface area (Å²) in [5.41, 5.74) is 2.81. The number of rotatable bonds is 3. The molecule has 4 nitrogen and oxygen atoms in total. The molecule has 1 unspecified atom stereocenters. The lowest BCUT2D eigenvalue weighted by molar-refractivity contribution is -0.118. The van der Waals surface area contributed by atoms with Crippen molar-refractivity contribution < 1.29 is 14.0 Å². The first-order valence-corrected chi connectivity index (χ1v) is 8.40. The van der Waals surface area contributed by atoms with Crippen molar-refractivity contribution in [3.8, 4) is 0 Å². The highest BCUT2D eigenvalue weighted by Crippen LogP contribution is 2.25. The summed E-state index contributed by atoms with van der Waals surface area (Å²) in [6.45, 7) is 4.49. The minimum atomic E-state index is -0.707. The fraction of sp³-hybridized carbons (Fsp3) is 0.263. The quantitative estimate of drug-likeness (QED) is 0.908. The van der Waals surface area contributed by atoms with Gasteiger partial charge in [0.25, 0.3) is 5.91 Å². The lowest BCUT2D eigenvalue weighted by Crippen LogP contribution is -2.42. The number of aryl methyl sites for hydroxylation is 2. The highest BCUT2D eigenvalue weighted by atomic mass is 35.5. The number of anilines is 1. The molecule has 2 aromatic carbocycles. The summed E-state index contributed by atoms with van der Waals surface area (Å²) in [5.74, 6) is -1.59. The summed E-state index contributed by atoms with van der Waals surface area (Å²) in [5, 5.41) is 2.62. The van der Waals surface area contributed by atoms with Crippen LogP contribution in [0.1, 0.15) is 27.9 Å². The van der Waals surface area contributed by atoms with E-state index in [2.05, 4.69) is 5.32 Å². The molecule has 3 rings (SSSR count). The zero-order valence-electron chi connectivity index (χ0n) is 14.0. The average molecular weight is 361 g/mol. The fourth-order valence-corrected chi connectivity index (χ4v) is 3.16. The maximum atomic E-state index is 13.9. The average Bonchev–Trinajstić information content (AvgIpc) is 2.91. The zero-order chi connectivity index (χ0) is 18.1. The number of hydrogen-bond donors (Lipinski definition) is 1. The Morgan fingerprint density at radius 2 is 2.00 bits per heavy atom. The van der Waals surface area contributed by atoms with Gasteiger partial charge >= 0.3 is 0 Å². The molecule has 1 aliphatic heterocycles. The largest absolute Gasteiger partial charge is 0.340 e. The zero-order valence-corrected chi connectivity index (χ0v) is 14.7.